The van der Waals surface area contributed by atoms with E-state index in [1.54, 1.807) is 6.92 Å². The molecule has 0 aromatic heterocycles. The van der Waals surface area contributed by atoms with Crippen molar-refractivity contribution in [2.45, 2.75) is 39.0 Å². The summed E-state index contributed by atoms with van der Waals surface area (Å²) in [6, 6.07) is 0. The molecule has 0 spiro atoms. The van der Waals surface area contributed by atoms with E-state index in [2.05, 4.69) is 0 Å². The van der Waals surface area contributed by atoms with Crippen molar-refractivity contribution >= 4 is 11.8 Å². The second-order valence-corrected chi connectivity index (χ2v) is 3.36. The third-order valence-electron chi connectivity index (χ3n) is 2.00. The van der Waals surface area contributed by atoms with Crippen LogP contribution in [0.4, 0.5) is 0 Å². The first-order valence-electron chi connectivity index (χ1n) is 4.59. The van der Waals surface area contributed by atoms with Crippen LogP contribution in [0.3, 0.4) is 0 Å². The number of hydrogen-bond donors (Lipinski definition) is 3. The molecule has 1 unspecified atom stereocenters. The second kappa shape index (κ2) is 6.46. The Morgan fingerprint density at radius 2 is 2.08 bits per heavy atom. The van der Waals surface area contributed by atoms with E-state index in [0.29, 0.717) is 12.8 Å². The van der Waals surface area contributed by atoms with Crippen molar-refractivity contribution < 1.29 is 9.90 Å². The third kappa shape index (κ3) is 7.31. The first-order chi connectivity index (χ1) is 6.04. The summed E-state index contributed by atoms with van der Waals surface area (Å²) in [5.41, 5.74) is 5.17. The van der Waals surface area contributed by atoms with E-state index in [1.165, 1.54) is 0 Å². The summed E-state index contributed by atoms with van der Waals surface area (Å²) in [6.07, 6.45) is 4.09. The smallest absolute Gasteiger partial charge is 0.306 e. The highest BCUT2D eigenvalue weighted by molar-refractivity contribution is 5.76. The summed E-state index contributed by atoms with van der Waals surface area (Å²) in [6.45, 7) is 1.72. The molecular formula is C9H18N2O2. The Morgan fingerprint density at radius 1 is 1.46 bits per heavy atom. The number of nitrogens with two attached hydrogens (primary N) is 1. The highest BCUT2D eigenvalue weighted by Gasteiger charge is 2.09. The van der Waals surface area contributed by atoms with Crippen molar-refractivity contribution in [3.05, 3.63) is 0 Å². The molecule has 0 aromatic carbocycles. The Kier molecular flexibility index (Phi) is 5.93. The van der Waals surface area contributed by atoms with Crippen molar-refractivity contribution in [1.29, 1.82) is 5.41 Å². The van der Waals surface area contributed by atoms with Gasteiger partial charge in [0.2, 0.25) is 0 Å². The molecule has 0 aliphatic heterocycles. The normalized spacial score (nSPS) is 12.4. The zero-order valence-corrected chi connectivity index (χ0v) is 8.05. The Morgan fingerprint density at radius 3 is 2.54 bits per heavy atom. The van der Waals surface area contributed by atoms with Gasteiger partial charge in [-0.25, -0.2) is 0 Å². The standard InChI is InChI=1S/C9H18N2O2/c1-7(9(12)13)5-3-2-4-6-8(10)11/h7H,2-6H2,1H3,(H3,10,11)(H,12,13). The number of carbonyl (C=O) groups is 1. The molecule has 0 saturated carbocycles. The minimum absolute atomic E-state index is 0.214. The van der Waals surface area contributed by atoms with Crippen molar-refractivity contribution in [3.63, 3.8) is 0 Å². The van der Waals surface area contributed by atoms with Crippen LogP contribution >= 0.6 is 0 Å². The van der Waals surface area contributed by atoms with Crippen molar-refractivity contribution in [2.75, 3.05) is 0 Å². The lowest BCUT2D eigenvalue weighted by molar-refractivity contribution is -0.141. The van der Waals surface area contributed by atoms with E-state index in [4.69, 9.17) is 16.2 Å². The molecule has 0 saturated heterocycles. The lowest BCUT2D eigenvalue weighted by Crippen LogP contribution is -2.10. The van der Waals surface area contributed by atoms with Crippen molar-refractivity contribution in [1.82, 2.24) is 0 Å². The summed E-state index contributed by atoms with van der Waals surface area (Å²) in [5.74, 6) is -0.768. The number of rotatable bonds is 7. The van der Waals surface area contributed by atoms with Crippen LogP contribution in [0.15, 0.2) is 0 Å². The monoisotopic (exact) mass is 186 g/mol. The highest BCUT2D eigenvalue weighted by Crippen LogP contribution is 2.10. The van der Waals surface area contributed by atoms with Gasteiger partial charge in [-0.15, -0.1) is 0 Å². The minimum atomic E-state index is -0.730. The number of aliphatic carboxylic acids is 1. The molecule has 4 N–H and O–H groups in total. The van der Waals surface area contributed by atoms with Crippen LogP contribution in [-0.2, 0) is 4.79 Å². The van der Waals surface area contributed by atoms with Gasteiger partial charge in [-0.1, -0.05) is 19.8 Å². The average Bonchev–Trinajstić information content (AvgIpc) is 2.02. The van der Waals surface area contributed by atoms with Gasteiger partial charge in [0, 0.05) is 6.42 Å². The maximum Gasteiger partial charge on any atom is 0.306 e. The summed E-state index contributed by atoms with van der Waals surface area (Å²) < 4.78 is 0. The molecule has 13 heavy (non-hydrogen) atoms. The van der Waals surface area contributed by atoms with Crippen LogP contribution < -0.4 is 5.73 Å². The van der Waals surface area contributed by atoms with Crippen LogP contribution in [0.5, 0.6) is 0 Å². The molecule has 76 valence electrons. The Bertz CT molecular complexity index is 180. The number of carboxylic acids is 1. The van der Waals surface area contributed by atoms with Gasteiger partial charge >= 0.3 is 5.97 Å². The predicted octanol–water partition coefficient (Wildman–Crippen LogP) is 1.59. The number of nitrogens with one attached hydrogen (secondary N) is 1. The van der Waals surface area contributed by atoms with E-state index in [9.17, 15) is 4.79 Å². The minimum Gasteiger partial charge on any atom is -0.481 e. The molecule has 4 heteroatoms. The molecule has 0 rings (SSSR count). The van der Waals surface area contributed by atoms with Gasteiger partial charge in [0.25, 0.3) is 0 Å². The lowest BCUT2D eigenvalue weighted by atomic mass is 10.0. The van der Waals surface area contributed by atoms with Crippen LogP contribution in [-0.4, -0.2) is 16.9 Å². The van der Waals surface area contributed by atoms with Crippen molar-refractivity contribution in [3.8, 4) is 0 Å². The molecule has 4 nitrogen and oxygen atoms in total. The summed E-state index contributed by atoms with van der Waals surface area (Å²) in [4.78, 5) is 10.4. The molecule has 0 fully saturated rings. The molecule has 1 atom stereocenters. The zero-order chi connectivity index (χ0) is 10.3. The lowest BCUT2D eigenvalue weighted by Gasteiger charge is -2.04. The molecule has 0 bridgehead atoms. The largest absolute Gasteiger partial charge is 0.481 e. The summed E-state index contributed by atoms with van der Waals surface area (Å²) in [5, 5.41) is 15.5. The fourth-order valence-corrected chi connectivity index (χ4v) is 1.07. The van der Waals surface area contributed by atoms with E-state index < -0.39 is 5.97 Å². The van der Waals surface area contributed by atoms with E-state index in [0.717, 1.165) is 19.3 Å². The first kappa shape index (κ1) is 11.9. The van der Waals surface area contributed by atoms with Gasteiger partial charge in [0.05, 0.1) is 11.8 Å². The van der Waals surface area contributed by atoms with Crippen molar-refractivity contribution in [2.24, 2.45) is 11.7 Å². The highest BCUT2D eigenvalue weighted by atomic mass is 16.4. The summed E-state index contributed by atoms with van der Waals surface area (Å²) in [7, 11) is 0. The van der Waals surface area contributed by atoms with Crippen LogP contribution in [0.1, 0.15) is 39.0 Å². The van der Waals surface area contributed by atoms with E-state index >= 15 is 0 Å². The van der Waals surface area contributed by atoms with Crippen LogP contribution in [0.25, 0.3) is 0 Å². The number of unbranched alkanes of at least 4 members (excludes halogenated alkanes) is 2. The topological polar surface area (TPSA) is 87.2 Å². The molecule has 0 heterocycles. The van der Waals surface area contributed by atoms with E-state index in [-0.39, 0.29) is 11.8 Å². The van der Waals surface area contributed by atoms with Gasteiger partial charge < -0.3 is 10.8 Å². The van der Waals surface area contributed by atoms with Crippen LogP contribution in [0.2, 0.25) is 0 Å². The molecular weight excluding hydrogens is 168 g/mol. The van der Waals surface area contributed by atoms with Gasteiger partial charge in [0.15, 0.2) is 0 Å². The SMILES string of the molecule is CC(CCCCCC(=N)N)C(=O)O. The molecule has 0 aliphatic carbocycles. The fourth-order valence-electron chi connectivity index (χ4n) is 1.07. The fraction of sp³-hybridized carbons (Fsp3) is 0.778. The van der Waals surface area contributed by atoms with Gasteiger partial charge in [-0.3, -0.25) is 10.2 Å². The maximum absolute atomic E-state index is 10.4. The second-order valence-electron chi connectivity index (χ2n) is 3.36. The number of hydrogen-bond acceptors (Lipinski definition) is 2. The third-order valence-corrected chi connectivity index (χ3v) is 2.00. The molecule has 0 radical (unpaired) electrons. The van der Waals surface area contributed by atoms with Gasteiger partial charge in [0.1, 0.15) is 0 Å². The van der Waals surface area contributed by atoms with Crippen LogP contribution in [0, 0.1) is 11.3 Å². The number of carboxylic acid groups (broad SMARTS) is 1. The number of amidine groups is 1. The molecule has 0 amide bonds. The molecule has 0 aromatic rings. The average molecular weight is 186 g/mol. The van der Waals surface area contributed by atoms with Gasteiger partial charge in [-0.2, -0.15) is 0 Å². The van der Waals surface area contributed by atoms with Gasteiger partial charge in [-0.05, 0) is 12.8 Å². The molecule has 0 aliphatic rings. The Balaban J connectivity index is 3.26. The predicted molar refractivity (Wildman–Crippen MR) is 51.8 cm³/mol. The Hall–Kier alpha value is -1.06. The quantitative estimate of drug-likeness (QED) is 0.320. The first-order valence-corrected chi connectivity index (χ1v) is 4.59. The Labute approximate surface area is 78.6 Å². The maximum atomic E-state index is 10.4. The zero-order valence-electron chi connectivity index (χ0n) is 8.05. The van der Waals surface area contributed by atoms with E-state index in [1.807, 2.05) is 0 Å². The summed E-state index contributed by atoms with van der Waals surface area (Å²) >= 11 is 0.